The Bertz CT molecular complexity index is 414. The summed E-state index contributed by atoms with van der Waals surface area (Å²) in [5.74, 6) is 0.197. The van der Waals surface area contributed by atoms with Gasteiger partial charge in [-0.25, -0.2) is 4.79 Å². The normalized spacial score (nSPS) is 27.9. The van der Waals surface area contributed by atoms with Crippen LogP contribution < -0.4 is 0 Å². The van der Waals surface area contributed by atoms with Gasteiger partial charge in [-0.05, 0) is 61.3 Å². The van der Waals surface area contributed by atoms with Gasteiger partial charge in [0.05, 0.1) is 11.2 Å². The minimum absolute atomic E-state index is 0.197. The molecule has 0 unspecified atom stereocenters. The quantitative estimate of drug-likeness (QED) is 0.696. The lowest BCUT2D eigenvalue weighted by Crippen LogP contribution is -2.45. The minimum atomic E-state index is -0.464. The van der Waals surface area contributed by atoms with Crippen LogP contribution >= 0.6 is 0 Å². The monoisotopic (exact) mass is 311 g/mol. The number of likely N-dealkylation sites (tertiary alicyclic amines) is 1. The summed E-state index contributed by atoms with van der Waals surface area (Å²) < 4.78 is 17.7. The van der Waals surface area contributed by atoms with Crippen LogP contribution in [0.4, 0.5) is 4.79 Å². The van der Waals surface area contributed by atoms with Crippen LogP contribution in [0.25, 0.3) is 0 Å². The van der Waals surface area contributed by atoms with Gasteiger partial charge in [-0.1, -0.05) is 0 Å². The molecule has 2 saturated heterocycles. The third kappa shape index (κ3) is 3.77. The van der Waals surface area contributed by atoms with Gasteiger partial charge < -0.3 is 18.9 Å². The summed E-state index contributed by atoms with van der Waals surface area (Å²) >= 11 is 0. The Balaban J connectivity index is 1.99. The predicted octanol–water partition coefficient (Wildman–Crippen LogP) is 3.48. The summed E-state index contributed by atoms with van der Waals surface area (Å²) in [4.78, 5) is 14.0. The summed E-state index contributed by atoms with van der Waals surface area (Å²) in [6, 6.07) is 0. The Morgan fingerprint density at radius 3 is 2.23 bits per heavy atom. The molecule has 22 heavy (non-hydrogen) atoms. The highest BCUT2D eigenvalue weighted by Gasteiger charge is 2.54. The van der Waals surface area contributed by atoms with Crippen LogP contribution in [-0.2, 0) is 14.0 Å². The lowest BCUT2D eigenvalue weighted by Gasteiger charge is -2.34. The number of hydrogen-bond donors (Lipinski definition) is 0. The molecule has 0 aliphatic carbocycles. The summed E-state index contributed by atoms with van der Waals surface area (Å²) in [6.45, 7) is 15.3. The molecule has 0 N–H and O–H groups in total. The molecule has 1 amide bonds. The molecule has 0 bridgehead atoms. The van der Waals surface area contributed by atoms with Gasteiger partial charge in [0, 0.05) is 18.9 Å². The zero-order chi connectivity index (χ0) is 16.8. The van der Waals surface area contributed by atoms with E-state index in [1.807, 2.05) is 20.8 Å². The van der Waals surface area contributed by atoms with E-state index in [2.05, 4.69) is 27.7 Å². The highest BCUT2D eigenvalue weighted by molar-refractivity contribution is 6.47. The van der Waals surface area contributed by atoms with Gasteiger partial charge in [-0.15, -0.1) is 0 Å². The van der Waals surface area contributed by atoms with Gasteiger partial charge in [0.25, 0.3) is 0 Å². The molecule has 2 heterocycles. The first-order valence-corrected chi connectivity index (χ1v) is 8.25. The Morgan fingerprint density at radius 2 is 1.73 bits per heavy atom. The molecule has 0 aromatic carbocycles. The molecule has 5 nitrogen and oxygen atoms in total. The second-order valence-electron chi connectivity index (χ2n) is 8.45. The smallest absolute Gasteiger partial charge is 0.444 e. The van der Waals surface area contributed by atoms with Crippen molar-refractivity contribution in [1.29, 1.82) is 0 Å². The van der Waals surface area contributed by atoms with Crippen LogP contribution in [0.2, 0.25) is 5.82 Å². The van der Waals surface area contributed by atoms with Crippen LogP contribution in [0.15, 0.2) is 0 Å². The van der Waals surface area contributed by atoms with Gasteiger partial charge in [0.15, 0.2) is 0 Å². The van der Waals surface area contributed by atoms with Crippen LogP contribution in [-0.4, -0.2) is 48.0 Å². The predicted molar refractivity (Wildman–Crippen MR) is 86.9 cm³/mol. The van der Waals surface area contributed by atoms with Gasteiger partial charge in [-0.3, -0.25) is 0 Å². The molecule has 0 aromatic heterocycles. The van der Waals surface area contributed by atoms with Crippen LogP contribution in [0.3, 0.4) is 0 Å². The molecule has 1 atom stereocenters. The van der Waals surface area contributed by atoms with Gasteiger partial charge in [0.2, 0.25) is 0 Å². The van der Waals surface area contributed by atoms with Gasteiger partial charge >= 0.3 is 13.2 Å². The first-order chi connectivity index (χ1) is 9.91. The van der Waals surface area contributed by atoms with Crippen molar-refractivity contribution >= 4 is 13.2 Å². The maximum Gasteiger partial charge on any atom is 0.462 e. The SMILES string of the molecule is CC(C)(C)OC(=O)N1CCC[C@@H](B2OC(C)(C)C(C)(C)O2)C1. The molecule has 0 saturated carbocycles. The fourth-order valence-corrected chi connectivity index (χ4v) is 2.81. The summed E-state index contributed by atoms with van der Waals surface area (Å²) in [5, 5.41) is 0. The van der Waals surface area contributed by atoms with Crippen molar-refractivity contribution in [2.45, 2.75) is 83.9 Å². The van der Waals surface area contributed by atoms with Crippen molar-refractivity contribution in [1.82, 2.24) is 4.90 Å². The van der Waals surface area contributed by atoms with E-state index >= 15 is 0 Å². The maximum absolute atomic E-state index is 12.3. The number of hydrogen-bond acceptors (Lipinski definition) is 4. The minimum Gasteiger partial charge on any atom is -0.444 e. The molecule has 0 aromatic rings. The highest BCUT2D eigenvalue weighted by atomic mass is 16.7. The van der Waals surface area contributed by atoms with Crippen molar-refractivity contribution < 1.29 is 18.8 Å². The Labute approximate surface area is 134 Å². The number of nitrogens with zero attached hydrogens (tertiary/aromatic N) is 1. The van der Waals surface area contributed by atoms with Crippen molar-refractivity contribution in [2.75, 3.05) is 13.1 Å². The van der Waals surface area contributed by atoms with Crippen LogP contribution in [0.1, 0.15) is 61.3 Å². The number of carbonyl (C=O) groups is 1. The number of amides is 1. The number of rotatable bonds is 1. The number of piperidine rings is 1. The average Bonchev–Trinajstić information content (AvgIpc) is 2.57. The standard InChI is InChI=1S/C16H30BNO4/c1-14(2,3)20-13(19)18-10-8-9-12(11-18)17-21-15(4,5)16(6,7)22-17/h12H,8-11H2,1-7H3/t12-/m1/s1. The molecule has 0 radical (unpaired) electrons. The lowest BCUT2D eigenvalue weighted by molar-refractivity contribution is 0.00578. The summed E-state index contributed by atoms with van der Waals surface area (Å²) in [7, 11) is -0.254. The third-order valence-corrected chi connectivity index (χ3v) is 4.77. The van der Waals surface area contributed by atoms with E-state index in [0.29, 0.717) is 6.54 Å². The Hall–Kier alpha value is -0.745. The second kappa shape index (κ2) is 5.71. The van der Waals surface area contributed by atoms with Crippen molar-refractivity contribution in [3.63, 3.8) is 0 Å². The summed E-state index contributed by atoms with van der Waals surface area (Å²) in [6.07, 6.45) is 1.72. The van der Waals surface area contributed by atoms with Gasteiger partial charge in [0.1, 0.15) is 5.60 Å². The fourth-order valence-electron chi connectivity index (χ4n) is 2.81. The van der Waals surface area contributed by atoms with E-state index < -0.39 is 5.60 Å². The second-order valence-corrected chi connectivity index (χ2v) is 8.45. The largest absolute Gasteiger partial charge is 0.462 e. The first-order valence-electron chi connectivity index (χ1n) is 8.25. The van der Waals surface area contributed by atoms with Crippen LogP contribution in [0, 0.1) is 0 Å². The molecule has 2 rings (SSSR count). The van der Waals surface area contributed by atoms with E-state index in [0.717, 1.165) is 19.4 Å². The molecule has 6 heteroatoms. The van der Waals surface area contributed by atoms with Crippen molar-refractivity contribution in [2.24, 2.45) is 0 Å². The average molecular weight is 311 g/mol. The van der Waals surface area contributed by atoms with E-state index in [-0.39, 0.29) is 30.2 Å². The van der Waals surface area contributed by atoms with Crippen molar-refractivity contribution in [3.05, 3.63) is 0 Å². The number of carbonyl (C=O) groups excluding carboxylic acids is 1. The summed E-state index contributed by atoms with van der Waals surface area (Å²) in [5.41, 5.74) is -1.12. The van der Waals surface area contributed by atoms with E-state index in [1.165, 1.54) is 0 Å². The number of ether oxygens (including phenoxy) is 1. The maximum atomic E-state index is 12.3. The van der Waals surface area contributed by atoms with E-state index in [1.54, 1.807) is 4.90 Å². The molecule has 2 aliphatic heterocycles. The van der Waals surface area contributed by atoms with Crippen molar-refractivity contribution in [3.8, 4) is 0 Å². The molecule has 0 spiro atoms. The molecular weight excluding hydrogens is 281 g/mol. The molecule has 2 aliphatic rings. The molecule has 2 fully saturated rings. The topological polar surface area (TPSA) is 48.0 Å². The zero-order valence-electron chi connectivity index (χ0n) is 15.1. The van der Waals surface area contributed by atoms with E-state index in [9.17, 15) is 4.79 Å². The van der Waals surface area contributed by atoms with Crippen LogP contribution in [0.5, 0.6) is 0 Å². The first kappa shape index (κ1) is 17.6. The lowest BCUT2D eigenvalue weighted by atomic mass is 9.68. The third-order valence-electron chi connectivity index (χ3n) is 4.77. The van der Waals surface area contributed by atoms with Gasteiger partial charge in [-0.2, -0.15) is 0 Å². The zero-order valence-corrected chi connectivity index (χ0v) is 15.1. The fraction of sp³-hybridized carbons (Fsp3) is 0.938. The highest BCUT2D eigenvalue weighted by Crippen LogP contribution is 2.42. The molecule has 126 valence electrons. The Kier molecular flexibility index (Phi) is 4.57. The molecular formula is C16H30BNO4. The van der Waals surface area contributed by atoms with E-state index in [4.69, 9.17) is 14.0 Å². The Morgan fingerprint density at radius 1 is 1.18 bits per heavy atom.